The lowest BCUT2D eigenvalue weighted by Gasteiger charge is -2.00. The molecule has 4 nitrogen and oxygen atoms in total. The molecule has 0 aliphatic heterocycles. The van der Waals surface area contributed by atoms with E-state index in [2.05, 4.69) is 10.1 Å². The van der Waals surface area contributed by atoms with Crippen LogP contribution in [0.25, 0.3) is 0 Å². The van der Waals surface area contributed by atoms with Crippen molar-refractivity contribution in [2.24, 2.45) is 0 Å². The highest BCUT2D eigenvalue weighted by Crippen LogP contribution is 2.14. The summed E-state index contributed by atoms with van der Waals surface area (Å²) in [7, 11) is 0. The van der Waals surface area contributed by atoms with E-state index in [0.717, 1.165) is 23.5 Å². The summed E-state index contributed by atoms with van der Waals surface area (Å²) in [5, 5.41) is 3.83. The Morgan fingerprint density at radius 3 is 2.80 bits per heavy atom. The Bertz CT molecular complexity index is 451. The van der Waals surface area contributed by atoms with Crippen molar-refractivity contribution in [3.63, 3.8) is 0 Å². The Labute approximate surface area is 88.1 Å². The second-order valence-electron chi connectivity index (χ2n) is 3.33. The second-order valence-corrected chi connectivity index (χ2v) is 3.33. The smallest absolute Gasteiger partial charge is 0.231 e. The van der Waals surface area contributed by atoms with Crippen molar-refractivity contribution in [1.29, 1.82) is 0 Å². The van der Waals surface area contributed by atoms with Gasteiger partial charge in [-0.15, -0.1) is 0 Å². The maximum absolute atomic E-state index is 5.82. The lowest BCUT2D eigenvalue weighted by atomic mass is 10.1. The first-order valence-corrected chi connectivity index (χ1v) is 4.94. The quantitative estimate of drug-likeness (QED) is 0.772. The number of aryl methyl sites for hydroxylation is 1. The van der Waals surface area contributed by atoms with E-state index in [0.29, 0.717) is 12.3 Å². The normalized spacial score (nSPS) is 10.5. The van der Waals surface area contributed by atoms with Gasteiger partial charge in [0.15, 0.2) is 5.82 Å². The fourth-order valence-electron chi connectivity index (χ4n) is 1.36. The van der Waals surface area contributed by atoms with Gasteiger partial charge in [0.05, 0.1) is 6.42 Å². The number of rotatable bonds is 3. The van der Waals surface area contributed by atoms with Gasteiger partial charge in [-0.2, -0.15) is 4.98 Å². The van der Waals surface area contributed by atoms with Crippen LogP contribution >= 0.6 is 0 Å². The lowest BCUT2D eigenvalue weighted by molar-refractivity contribution is 0.380. The molecule has 1 aromatic heterocycles. The molecular weight excluding hydrogens is 190 g/mol. The molecule has 2 N–H and O–H groups in total. The van der Waals surface area contributed by atoms with E-state index in [-0.39, 0.29) is 0 Å². The highest BCUT2D eigenvalue weighted by Gasteiger charge is 2.07. The van der Waals surface area contributed by atoms with Gasteiger partial charge in [-0.3, -0.25) is 0 Å². The summed E-state index contributed by atoms with van der Waals surface area (Å²) in [4.78, 5) is 4.23. The van der Waals surface area contributed by atoms with E-state index in [4.69, 9.17) is 10.3 Å². The van der Waals surface area contributed by atoms with Crippen molar-refractivity contribution in [2.75, 3.05) is 5.73 Å². The molecule has 1 aromatic carbocycles. The predicted octanol–water partition coefficient (Wildman–Crippen LogP) is 1.80. The van der Waals surface area contributed by atoms with Crippen LogP contribution in [0.5, 0.6) is 0 Å². The number of benzene rings is 1. The van der Waals surface area contributed by atoms with E-state index in [1.807, 2.05) is 31.2 Å². The van der Waals surface area contributed by atoms with Gasteiger partial charge in [0.1, 0.15) is 0 Å². The average molecular weight is 203 g/mol. The topological polar surface area (TPSA) is 64.9 Å². The van der Waals surface area contributed by atoms with Crippen LogP contribution in [0.1, 0.15) is 24.2 Å². The van der Waals surface area contributed by atoms with Gasteiger partial charge >= 0.3 is 0 Å². The van der Waals surface area contributed by atoms with E-state index in [1.54, 1.807) is 0 Å². The summed E-state index contributed by atoms with van der Waals surface area (Å²) in [6.45, 7) is 1.99. The fourth-order valence-corrected chi connectivity index (χ4v) is 1.36. The Morgan fingerprint density at radius 2 is 2.13 bits per heavy atom. The molecule has 0 aliphatic rings. The van der Waals surface area contributed by atoms with E-state index in [1.165, 1.54) is 0 Å². The molecule has 0 radical (unpaired) electrons. The number of nitrogen functional groups attached to an aromatic ring is 1. The van der Waals surface area contributed by atoms with Gasteiger partial charge in [-0.25, -0.2) is 0 Å². The number of aromatic nitrogens is 2. The van der Waals surface area contributed by atoms with Crippen LogP contribution < -0.4 is 5.73 Å². The van der Waals surface area contributed by atoms with Crippen molar-refractivity contribution in [2.45, 2.75) is 19.8 Å². The van der Waals surface area contributed by atoms with Gasteiger partial charge in [-0.05, 0) is 11.6 Å². The molecule has 15 heavy (non-hydrogen) atoms. The highest BCUT2D eigenvalue weighted by atomic mass is 16.5. The third-order valence-corrected chi connectivity index (χ3v) is 2.22. The second kappa shape index (κ2) is 4.13. The maximum atomic E-state index is 5.82. The Morgan fingerprint density at radius 1 is 1.33 bits per heavy atom. The molecule has 4 heteroatoms. The van der Waals surface area contributed by atoms with Gasteiger partial charge in [0.2, 0.25) is 5.89 Å². The van der Waals surface area contributed by atoms with Crippen LogP contribution in [0.2, 0.25) is 0 Å². The molecule has 2 aromatic rings. The van der Waals surface area contributed by atoms with Crippen LogP contribution in [0, 0.1) is 0 Å². The summed E-state index contributed by atoms with van der Waals surface area (Å²) in [5.41, 5.74) is 7.59. The van der Waals surface area contributed by atoms with Crippen molar-refractivity contribution < 1.29 is 4.52 Å². The Kier molecular flexibility index (Phi) is 2.67. The minimum Gasteiger partial charge on any atom is -0.398 e. The Balaban J connectivity index is 2.18. The number of nitrogens with zero attached hydrogens (tertiary/aromatic N) is 2. The summed E-state index contributed by atoms with van der Waals surface area (Å²) in [6.07, 6.45) is 1.38. The van der Waals surface area contributed by atoms with E-state index < -0.39 is 0 Å². The number of hydrogen-bond donors (Lipinski definition) is 1. The summed E-state index contributed by atoms with van der Waals surface area (Å²) in [5.74, 6) is 1.35. The number of nitrogens with two attached hydrogens (primary N) is 1. The zero-order valence-electron chi connectivity index (χ0n) is 8.60. The molecule has 78 valence electrons. The molecule has 0 saturated heterocycles. The molecule has 0 bridgehead atoms. The molecule has 0 fully saturated rings. The third kappa shape index (κ3) is 2.15. The van der Waals surface area contributed by atoms with Crippen molar-refractivity contribution in [3.05, 3.63) is 41.5 Å². The van der Waals surface area contributed by atoms with Crippen LogP contribution in [0.15, 0.2) is 28.8 Å². The van der Waals surface area contributed by atoms with Gasteiger partial charge in [-0.1, -0.05) is 30.3 Å². The summed E-state index contributed by atoms with van der Waals surface area (Å²) in [6, 6.07) is 7.69. The summed E-state index contributed by atoms with van der Waals surface area (Å²) >= 11 is 0. The van der Waals surface area contributed by atoms with Gasteiger partial charge in [0, 0.05) is 12.1 Å². The maximum Gasteiger partial charge on any atom is 0.231 e. The van der Waals surface area contributed by atoms with Crippen molar-refractivity contribution in [3.8, 4) is 0 Å². The predicted molar refractivity (Wildman–Crippen MR) is 57.3 cm³/mol. The van der Waals surface area contributed by atoms with Crippen LogP contribution in [-0.4, -0.2) is 10.1 Å². The van der Waals surface area contributed by atoms with Crippen molar-refractivity contribution in [1.82, 2.24) is 10.1 Å². The highest BCUT2D eigenvalue weighted by molar-refractivity contribution is 5.47. The van der Waals surface area contributed by atoms with Crippen LogP contribution in [0.4, 0.5) is 5.69 Å². The van der Waals surface area contributed by atoms with Gasteiger partial charge in [0.25, 0.3) is 0 Å². The molecular formula is C11H13N3O. The monoisotopic (exact) mass is 203 g/mol. The molecule has 2 rings (SSSR count). The first-order valence-electron chi connectivity index (χ1n) is 4.94. The summed E-state index contributed by atoms with van der Waals surface area (Å²) < 4.78 is 5.10. The van der Waals surface area contributed by atoms with E-state index >= 15 is 0 Å². The molecule has 0 unspecified atom stereocenters. The first-order chi connectivity index (χ1) is 7.29. The molecule has 0 saturated carbocycles. The standard InChI is InChI=1S/C11H13N3O/c1-2-10-13-11(15-14-10)7-8-5-3-4-6-9(8)12/h3-6H,2,7,12H2,1H3. The van der Waals surface area contributed by atoms with Crippen molar-refractivity contribution >= 4 is 5.69 Å². The Hall–Kier alpha value is -1.84. The average Bonchev–Trinajstić information content (AvgIpc) is 2.69. The molecule has 0 aliphatic carbocycles. The number of hydrogen-bond acceptors (Lipinski definition) is 4. The molecule has 0 spiro atoms. The van der Waals surface area contributed by atoms with Gasteiger partial charge < -0.3 is 10.3 Å². The number of para-hydroxylation sites is 1. The minimum absolute atomic E-state index is 0.597. The first kappa shape index (κ1) is 9.71. The zero-order valence-corrected chi connectivity index (χ0v) is 8.60. The fraction of sp³-hybridized carbons (Fsp3) is 0.273. The zero-order chi connectivity index (χ0) is 10.7. The number of anilines is 1. The SMILES string of the molecule is CCc1noc(Cc2ccccc2N)n1. The molecule has 0 amide bonds. The molecule has 1 heterocycles. The van der Waals surface area contributed by atoms with Crippen LogP contribution in [0.3, 0.4) is 0 Å². The largest absolute Gasteiger partial charge is 0.398 e. The van der Waals surface area contributed by atoms with E-state index in [9.17, 15) is 0 Å². The minimum atomic E-state index is 0.597. The molecule has 0 atom stereocenters. The third-order valence-electron chi connectivity index (χ3n) is 2.22. The lowest BCUT2D eigenvalue weighted by Crippen LogP contribution is -1.95. The van der Waals surface area contributed by atoms with Crippen LogP contribution in [-0.2, 0) is 12.8 Å².